The summed E-state index contributed by atoms with van der Waals surface area (Å²) >= 11 is 1.56. The molecule has 0 saturated carbocycles. The molecule has 2 amide bonds. The molecule has 4 rings (SSSR count). The third-order valence-corrected chi connectivity index (χ3v) is 5.59. The average molecular weight is 383 g/mol. The molecule has 0 aliphatic carbocycles. The molecule has 140 valence electrons. The molecule has 0 spiro atoms. The van der Waals surface area contributed by atoms with Gasteiger partial charge < -0.3 is 10.2 Å². The molecule has 0 aromatic carbocycles. The number of carbonyl (C=O) groups excluding carboxylic acids is 2. The van der Waals surface area contributed by atoms with E-state index >= 15 is 0 Å². The van der Waals surface area contributed by atoms with E-state index in [0.29, 0.717) is 38.9 Å². The highest BCUT2D eigenvalue weighted by Crippen LogP contribution is 2.19. The normalized spacial score (nSPS) is 17.4. The van der Waals surface area contributed by atoms with Gasteiger partial charge in [-0.3, -0.25) is 19.0 Å². The maximum atomic E-state index is 12.6. The number of hydrogen-bond donors (Lipinski definition) is 1. The molecular weight excluding hydrogens is 362 g/mol. The number of fused-ring (bicyclic) bond motifs is 1. The van der Waals surface area contributed by atoms with E-state index in [1.807, 2.05) is 40.4 Å². The van der Waals surface area contributed by atoms with Gasteiger partial charge in [-0.25, -0.2) is 4.98 Å². The van der Waals surface area contributed by atoms with Gasteiger partial charge in [0.25, 0.3) is 0 Å². The van der Waals surface area contributed by atoms with Crippen LogP contribution in [0.4, 0.5) is 0 Å². The first-order valence-corrected chi connectivity index (χ1v) is 9.93. The molecule has 27 heavy (non-hydrogen) atoms. The third-order valence-electron chi connectivity index (χ3n) is 4.82. The third kappa shape index (κ3) is 4.16. The summed E-state index contributed by atoms with van der Waals surface area (Å²) in [7, 11) is 0. The Morgan fingerprint density at radius 3 is 3.07 bits per heavy atom. The number of aromatic nitrogens is 3. The number of hydrogen-bond acceptors (Lipinski definition) is 5. The van der Waals surface area contributed by atoms with Crippen LogP contribution in [0.1, 0.15) is 24.2 Å². The molecule has 0 bridgehead atoms. The van der Waals surface area contributed by atoms with Crippen molar-refractivity contribution in [3.8, 4) is 0 Å². The second-order valence-corrected chi connectivity index (χ2v) is 7.56. The fraction of sp³-hybridized carbons (Fsp3) is 0.368. The summed E-state index contributed by atoms with van der Waals surface area (Å²) in [5.41, 5.74) is 1.80. The zero-order chi connectivity index (χ0) is 18.6. The molecule has 4 heterocycles. The Labute approximate surface area is 161 Å². The van der Waals surface area contributed by atoms with Gasteiger partial charge in [-0.15, -0.1) is 11.3 Å². The fourth-order valence-corrected chi connectivity index (χ4v) is 4.04. The molecule has 1 fully saturated rings. The van der Waals surface area contributed by atoms with Crippen molar-refractivity contribution < 1.29 is 9.59 Å². The van der Waals surface area contributed by atoms with Gasteiger partial charge >= 0.3 is 0 Å². The van der Waals surface area contributed by atoms with Gasteiger partial charge in [0.1, 0.15) is 0 Å². The first-order chi connectivity index (χ1) is 13.2. The summed E-state index contributed by atoms with van der Waals surface area (Å²) in [4.78, 5) is 36.2. The van der Waals surface area contributed by atoms with Crippen molar-refractivity contribution in [2.24, 2.45) is 5.92 Å². The van der Waals surface area contributed by atoms with Gasteiger partial charge in [0, 0.05) is 55.6 Å². The predicted molar refractivity (Wildman–Crippen MR) is 102 cm³/mol. The lowest BCUT2D eigenvalue weighted by Crippen LogP contribution is -2.46. The number of nitrogens with zero attached hydrogens (tertiary/aromatic N) is 4. The zero-order valence-electron chi connectivity index (χ0n) is 14.9. The van der Waals surface area contributed by atoms with Crippen molar-refractivity contribution in [1.29, 1.82) is 0 Å². The Morgan fingerprint density at radius 1 is 1.33 bits per heavy atom. The van der Waals surface area contributed by atoms with Crippen LogP contribution in [0.3, 0.4) is 0 Å². The summed E-state index contributed by atoms with van der Waals surface area (Å²) < 4.78 is 1.95. The van der Waals surface area contributed by atoms with Gasteiger partial charge in [-0.1, -0.05) is 6.07 Å². The van der Waals surface area contributed by atoms with E-state index in [1.165, 1.54) is 0 Å². The molecule has 1 saturated heterocycles. The number of thiazole rings is 1. The second kappa shape index (κ2) is 7.87. The number of carbonyl (C=O) groups is 2. The minimum atomic E-state index is -0.171. The quantitative estimate of drug-likeness (QED) is 0.705. The predicted octanol–water partition coefficient (Wildman–Crippen LogP) is 1.89. The maximum Gasteiger partial charge on any atom is 0.225 e. The van der Waals surface area contributed by atoms with Crippen LogP contribution in [0.15, 0.2) is 42.2 Å². The second-order valence-electron chi connectivity index (χ2n) is 6.69. The van der Waals surface area contributed by atoms with Crippen LogP contribution in [0.5, 0.6) is 0 Å². The number of nitrogens with one attached hydrogen (secondary N) is 1. The molecule has 1 unspecified atom stereocenters. The molecule has 3 aromatic heterocycles. The van der Waals surface area contributed by atoms with Crippen molar-refractivity contribution >= 4 is 28.1 Å². The molecule has 3 aromatic rings. The minimum absolute atomic E-state index is 0.0123. The Bertz CT molecular complexity index is 907. The highest BCUT2D eigenvalue weighted by atomic mass is 32.1. The van der Waals surface area contributed by atoms with Crippen LogP contribution in [0.25, 0.3) is 4.96 Å². The van der Waals surface area contributed by atoms with Gasteiger partial charge in [-0.2, -0.15) is 0 Å². The number of amides is 2. The Kier molecular flexibility index (Phi) is 5.15. The van der Waals surface area contributed by atoms with Crippen LogP contribution >= 0.6 is 11.3 Å². The smallest absolute Gasteiger partial charge is 0.225 e. The average Bonchev–Trinajstić information content (AvgIpc) is 3.28. The number of pyridine rings is 1. The van der Waals surface area contributed by atoms with Crippen LogP contribution in [-0.2, 0) is 22.6 Å². The van der Waals surface area contributed by atoms with E-state index in [9.17, 15) is 9.59 Å². The van der Waals surface area contributed by atoms with Gasteiger partial charge in [0.2, 0.25) is 11.8 Å². The summed E-state index contributed by atoms with van der Waals surface area (Å²) in [5, 5.41) is 4.94. The Morgan fingerprint density at radius 2 is 2.26 bits per heavy atom. The molecule has 7 nitrogen and oxygen atoms in total. The van der Waals surface area contributed by atoms with Gasteiger partial charge in [-0.05, 0) is 18.6 Å². The topological polar surface area (TPSA) is 79.6 Å². The van der Waals surface area contributed by atoms with Gasteiger partial charge in [0.15, 0.2) is 4.96 Å². The first-order valence-electron chi connectivity index (χ1n) is 9.05. The highest BCUT2D eigenvalue weighted by Gasteiger charge is 2.30. The molecule has 1 aliphatic rings. The maximum absolute atomic E-state index is 12.6. The lowest BCUT2D eigenvalue weighted by molar-refractivity contribution is -0.138. The summed E-state index contributed by atoms with van der Waals surface area (Å²) in [5.74, 6) is -0.0684. The van der Waals surface area contributed by atoms with Crippen LogP contribution < -0.4 is 5.32 Å². The van der Waals surface area contributed by atoms with Crippen molar-refractivity contribution in [3.05, 3.63) is 53.6 Å². The van der Waals surface area contributed by atoms with Crippen LogP contribution in [-0.4, -0.2) is 44.2 Å². The highest BCUT2D eigenvalue weighted by molar-refractivity contribution is 7.15. The SMILES string of the molecule is O=C(NCc1cn2ccsc2n1)C1CCC(=O)N(CCc2ccccn2)C1. The molecular formula is C19H21N5O2S. The largest absolute Gasteiger partial charge is 0.350 e. The van der Waals surface area contributed by atoms with Crippen molar-refractivity contribution in [1.82, 2.24) is 24.6 Å². The van der Waals surface area contributed by atoms with Crippen molar-refractivity contribution in [2.45, 2.75) is 25.8 Å². The van der Waals surface area contributed by atoms with Crippen LogP contribution in [0.2, 0.25) is 0 Å². The van der Waals surface area contributed by atoms with Crippen molar-refractivity contribution in [2.75, 3.05) is 13.1 Å². The first kappa shape index (κ1) is 17.7. The van der Waals surface area contributed by atoms with E-state index in [2.05, 4.69) is 15.3 Å². The lowest BCUT2D eigenvalue weighted by Gasteiger charge is -2.31. The lowest BCUT2D eigenvalue weighted by atomic mass is 9.96. The molecule has 1 atom stereocenters. The molecule has 1 aliphatic heterocycles. The molecule has 1 N–H and O–H groups in total. The zero-order valence-corrected chi connectivity index (χ0v) is 15.7. The molecule has 0 radical (unpaired) electrons. The Hall–Kier alpha value is -2.74. The number of rotatable bonds is 6. The molecule has 8 heteroatoms. The van der Waals surface area contributed by atoms with E-state index < -0.39 is 0 Å². The van der Waals surface area contributed by atoms with Crippen molar-refractivity contribution in [3.63, 3.8) is 0 Å². The summed E-state index contributed by atoms with van der Waals surface area (Å²) in [6.07, 6.45) is 7.35. The van der Waals surface area contributed by atoms with E-state index in [1.54, 1.807) is 22.4 Å². The summed E-state index contributed by atoms with van der Waals surface area (Å²) in [6.45, 7) is 1.47. The number of likely N-dealkylation sites (tertiary alicyclic amines) is 1. The minimum Gasteiger partial charge on any atom is -0.350 e. The monoisotopic (exact) mass is 383 g/mol. The Balaban J connectivity index is 1.30. The van der Waals surface area contributed by atoms with Gasteiger partial charge in [0.05, 0.1) is 18.2 Å². The summed E-state index contributed by atoms with van der Waals surface area (Å²) in [6, 6.07) is 5.77. The number of piperidine rings is 1. The van der Waals surface area contributed by atoms with Crippen LogP contribution in [0, 0.1) is 5.92 Å². The van der Waals surface area contributed by atoms with E-state index in [-0.39, 0.29) is 17.7 Å². The van der Waals surface area contributed by atoms with E-state index in [0.717, 1.165) is 16.3 Å². The standard InChI is InChI=1S/C19H21N5O2S/c25-17-5-4-14(12-23(17)8-6-15-3-1-2-7-20-15)18(26)21-11-16-13-24-9-10-27-19(24)22-16/h1-3,7,9-10,13-14H,4-6,8,11-12H2,(H,21,26). The number of imidazole rings is 1. The fourth-order valence-electron chi connectivity index (χ4n) is 3.32. The van der Waals surface area contributed by atoms with E-state index in [4.69, 9.17) is 0 Å².